The van der Waals surface area contributed by atoms with Crippen molar-refractivity contribution in [3.63, 3.8) is 0 Å². The highest BCUT2D eigenvalue weighted by atomic mass is 19.4. The normalized spacial score (nSPS) is 20.4. The minimum Gasteiger partial charge on any atom is -0.345 e. The molecule has 0 aromatic carbocycles. The van der Waals surface area contributed by atoms with Crippen molar-refractivity contribution in [1.29, 1.82) is 0 Å². The Labute approximate surface area is 265 Å². The van der Waals surface area contributed by atoms with Gasteiger partial charge >= 0.3 is 6.18 Å². The first kappa shape index (κ1) is 33.8. The molecule has 7 rings (SSSR count). The number of fused-ring (bicyclic) bond motifs is 1. The van der Waals surface area contributed by atoms with Crippen LogP contribution in [0.1, 0.15) is 90.4 Å². The van der Waals surface area contributed by atoms with Crippen molar-refractivity contribution in [3.05, 3.63) is 65.4 Å². The molecule has 2 atom stereocenters. The highest BCUT2D eigenvalue weighted by Gasteiger charge is 2.47. The summed E-state index contributed by atoms with van der Waals surface area (Å²) in [7, 11) is 0. The predicted molar refractivity (Wildman–Crippen MR) is 155 cm³/mol. The van der Waals surface area contributed by atoms with Crippen LogP contribution in [0.2, 0.25) is 0 Å². The molecule has 5 heterocycles. The molecule has 2 saturated carbocycles. The summed E-state index contributed by atoms with van der Waals surface area (Å²) in [4.78, 5) is 36.3. The quantitative estimate of drug-likeness (QED) is 0.274. The van der Waals surface area contributed by atoms with Crippen LogP contribution in [-0.2, 0) is 17.8 Å². The molecular weight excluding hydrogens is 629 g/mol. The Morgan fingerprint density at radius 2 is 1.94 bits per heavy atom. The summed E-state index contributed by atoms with van der Waals surface area (Å²) in [6.07, 6.45) is 6.31. The molecule has 2 unspecified atom stereocenters. The number of carbonyl (C=O) groups excluding carboxylic acids is 2. The van der Waals surface area contributed by atoms with E-state index < -0.39 is 35.9 Å². The van der Waals surface area contributed by atoms with E-state index in [1.807, 2.05) is 18.3 Å². The van der Waals surface area contributed by atoms with Gasteiger partial charge in [-0.1, -0.05) is 11.6 Å². The van der Waals surface area contributed by atoms with E-state index in [1.165, 1.54) is 17.0 Å². The molecular formula is C30H34F5N9O3. The lowest BCUT2D eigenvalue weighted by Gasteiger charge is -2.20. The van der Waals surface area contributed by atoms with E-state index in [0.29, 0.717) is 35.4 Å². The summed E-state index contributed by atoms with van der Waals surface area (Å²) >= 11 is 0. The van der Waals surface area contributed by atoms with Crippen molar-refractivity contribution in [2.75, 3.05) is 0 Å². The molecule has 252 valence electrons. The van der Waals surface area contributed by atoms with Gasteiger partial charge in [-0.25, -0.2) is 32.9 Å². The second-order valence-corrected chi connectivity index (χ2v) is 11.9. The maximum Gasteiger partial charge on any atom is 0.408 e. The highest BCUT2D eigenvalue weighted by molar-refractivity contribution is 5.93. The highest BCUT2D eigenvalue weighted by Crippen LogP contribution is 2.40. The molecule has 3 fully saturated rings. The molecule has 1 saturated heterocycles. The molecule has 0 bridgehead atoms. The average molecular weight is 664 g/mol. The van der Waals surface area contributed by atoms with Crippen LogP contribution in [0.5, 0.6) is 0 Å². The van der Waals surface area contributed by atoms with Gasteiger partial charge < -0.3 is 10.6 Å². The summed E-state index contributed by atoms with van der Waals surface area (Å²) in [6, 6.07) is 1.71. The molecule has 2 N–H and O–H groups in total. The van der Waals surface area contributed by atoms with Gasteiger partial charge in [0.05, 0.1) is 24.6 Å². The molecule has 3 aliphatic rings. The molecule has 12 nitrogen and oxygen atoms in total. The number of carbonyl (C=O) groups is 2. The average Bonchev–Trinajstić information content (AvgIpc) is 3.41. The summed E-state index contributed by atoms with van der Waals surface area (Å²) in [5.74, 6) is -3.92. The second-order valence-electron chi connectivity index (χ2n) is 11.9. The van der Waals surface area contributed by atoms with Crippen LogP contribution in [-0.4, -0.2) is 64.8 Å². The van der Waals surface area contributed by atoms with Gasteiger partial charge in [0.1, 0.15) is 18.1 Å². The van der Waals surface area contributed by atoms with Gasteiger partial charge in [0.15, 0.2) is 11.3 Å². The van der Waals surface area contributed by atoms with Crippen molar-refractivity contribution in [2.45, 2.75) is 95.3 Å². The number of hydrogen-bond acceptors (Lipinski definition) is 9. The number of amides is 2. The Balaban J connectivity index is 0.000000236. The van der Waals surface area contributed by atoms with E-state index in [2.05, 4.69) is 40.3 Å². The number of nitrogens with zero attached hydrogens (tertiary/aromatic N) is 7. The van der Waals surface area contributed by atoms with Crippen LogP contribution in [0.15, 0.2) is 41.7 Å². The van der Waals surface area contributed by atoms with E-state index in [1.54, 1.807) is 18.5 Å². The van der Waals surface area contributed by atoms with Gasteiger partial charge in [-0.15, -0.1) is 0 Å². The zero-order valence-electron chi connectivity index (χ0n) is 25.5. The Morgan fingerprint density at radius 1 is 1.17 bits per heavy atom. The largest absolute Gasteiger partial charge is 0.408 e. The molecule has 47 heavy (non-hydrogen) atoms. The van der Waals surface area contributed by atoms with Crippen LogP contribution in [0.3, 0.4) is 0 Å². The molecule has 17 heteroatoms. The SMILES string of the molecule is Cc1ccncn1.FC1(F)CCCCC1.O=C(NCc1cn2ncc(CC3CC(C(F)(F)F)NC3=O)cc2n1)c1nonc1C1CC1. The van der Waals surface area contributed by atoms with Crippen molar-refractivity contribution >= 4 is 17.5 Å². The third-order valence-corrected chi connectivity index (χ3v) is 7.95. The second kappa shape index (κ2) is 14.5. The third-order valence-electron chi connectivity index (χ3n) is 7.95. The van der Waals surface area contributed by atoms with Crippen molar-refractivity contribution in [3.8, 4) is 0 Å². The smallest absolute Gasteiger partial charge is 0.345 e. The number of halogens is 5. The molecule has 1 aliphatic heterocycles. The molecule has 0 spiro atoms. The van der Waals surface area contributed by atoms with Crippen LogP contribution in [0.25, 0.3) is 5.65 Å². The number of nitrogens with one attached hydrogen (secondary N) is 2. The molecule has 2 amide bonds. The van der Waals surface area contributed by atoms with Crippen LogP contribution in [0, 0.1) is 12.8 Å². The number of aryl methyl sites for hydroxylation is 1. The van der Waals surface area contributed by atoms with Crippen LogP contribution < -0.4 is 10.6 Å². The van der Waals surface area contributed by atoms with Gasteiger partial charge in [0.25, 0.3) is 5.91 Å². The van der Waals surface area contributed by atoms with Gasteiger partial charge in [-0.05, 0) is 68.3 Å². The standard InChI is InChI=1S/C19H18F3N7O3.C6H10F2.C5H6N2/c20-19(21,22)13-5-11(17(30)26-13)3-9-4-14-25-12(8-29(14)24-6-9)7-23-18(31)16-15(10-1-2-10)27-32-28-16;7-6(8)4-2-1-3-5-6;1-5-2-3-6-4-7-5/h4,6,8,10-11,13H,1-3,5,7H2,(H,23,31)(H,26,30);1-5H2;2-4H,1H3. The maximum atomic E-state index is 12.9. The Bertz CT molecular complexity index is 1650. The maximum absolute atomic E-state index is 12.9. The van der Waals surface area contributed by atoms with Crippen LogP contribution in [0.4, 0.5) is 22.0 Å². The van der Waals surface area contributed by atoms with E-state index in [0.717, 1.165) is 25.0 Å². The van der Waals surface area contributed by atoms with E-state index in [-0.39, 0.29) is 43.8 Å². The zero-order valence-corrected chi connectivity index (χ0v) is 25.5. The number of alkyl halides is 5. The zero-order chi connectivity index (χ0) is 33.6. The summed E-state index contributed by atoms with van der Waals surface area (Å²) in [5.41, 5.74) is 3.33. The summed E-state index contributed by atoms with van der Waals surface area (Å²) < 4.78 is 69.2. The molecule has 4 aromatic rings. The number of rotatable bonds is 6. The number of imidazole rings is 1. The van der Waals surface area contributed by atoms with Crippen molar-refractivity contribution < 1.29 is 36.2 Å². The van der Waals surface area contributed by atoms with Gasteiger partial charge in [-0.2, -0.15) is 18.3 Å². The predicted octanol–water partition coefficient (Wildman–Crippen LogP) is 4.90. The fourth-order valence-corrected chi connectivity index (χ4v) is 5.24. The lowest BCUT2D eigenvalue weighted by molar-refractivity contribution is -0.154. The van der Waals surface area contributed by atoms with E-state index in [9.17, 15) is 31.5 Å². The minimum atomic E-state index is -4.46. The van der Waals surface area contributed by atoms with Gasteiger partial charge in [-0.3, -0.25) is 9.59 Å². The topological polar surface area (TPSA) is 153 Å². The lowest BCUT2D eigenvalue weighted by atomic mass is 9.97. The number of aromatic nitrogens is 7. The summed E-state index contributed by atoms with van der Waals surface area (Å²) in [6.45, 7) is 2.05. The Hall–Kier alpha value is -4.57. The first-order valence-corrected chi connectivity index (χ1v) is 15.3. The first-order chi connectivity index (χ1) is 22.4. The number of hydrogen-bond donors (Lipinski definition) is 2. The lowest BCUT2D eigenvalue weighted by Crippen LogP contribution is -2.38. The Morgan fingerprint density at radius 3 is 2.51 bits per heavy atom. The first-order valence-electron chi connectivity index (χ1n) is 15.3. The monoisotopic (exact) mass is 663 g/mol. The fraction of sp³-hybridized carbons (Fsp3) is 0.533. The van der Waals surface area contributed by atoms with Gasteiger partial charge in [0, 0.05) is 36.6 Å². The molecule has 4 aromatic heterocycles. The van der Waals surface area contributed by atoms with E-state index >= 15 is 0 Å². The Kier molecular flexibility index (Phi) is 10.4. The van der Waals surface area contributed by atoms with E-state index in [4.69, 9.17) is 0 Å². The minimum absolute atomic E-state index is 0.118. The molecule has 2 aliphatic carbocycles. The summed E-state index contributed by atoms with van der Waals surface area (Å²) in [5, 5.41) is 16.4. The third kappa shape index (κ3) is 9.48. The van der Waals surface area contributed by atoms with Crippen molar-refractivity contribution in [2.24, 2.45) is 5.92 Å². The molecule has 0 radical (unpaired) electrons. The van der Waals surface area contributed by atoms with Crippen LogP contribution >= 0.6 is 0 Å². The fourth-order valence-electron chi connectivity index (χ4n) is 5.24. The van der Waals surface area contributed by atoms with Crippen molar-refractivity contribution in [1.82, 2.24) is 45.5 Å². The van der Waals surface area contributed by atoms with Gasteiger partial charge in [0.2, 0.25) is 11.8 Å².